The van der Waals surface area contributed by atoms with E-state index in [-0.39, 0.29) is 11.6 Å². The molecule has 0 radical (unpaired) electrons. The molecule has 0 amide bonds. The van der Waals surface area contributed by atoms with Crippen LogP contribution in [0, 0.1) is 47.1 Å². The summed E-state index contributed by atoms with van der Waals surface area (Å²) >= 11 is 0. The number of halogens is 2. The van der Waals surface area contributed by atoms with Gasteiger partial charge < -0.3 is 4.74 Å². The Hall–Kier alpha value is -2.26. The second-order valence-electron chi connectivity index (χ2n) is 17.3. The van der Waals surface area contributed by atoms with Crippen LogP contribution in [0.15, 0.2) is 61.7 Å². The van der Waals surface area contributed by atoms with Crippen LogP contribution in [0.2, 0.25) is 0 Å². The fourth-order valence-corrected chi connectivity index (χ4v) is 11.0. The van der Waals surface area contributed by atoms with Crippen molar-refractivity contribution in [3.8, 4) is 0 Å². The number of benzene rings is 2. The predicted octanol–water partition coefficient (Wildman–Crippen LogP) is 13.9. The van der Waals surface area contributed by atoms with Crippen LogP contribution >= 0.6 is 0 Å². The number of allylic oxidation sites excluding steroid dienone is 2. The molecule has 0 heterocycles. The SMILES string of the molecule is C=CCCC1CCC(C2CCC(c3ccc(CCOCCc4ccc(C5CCC(C6CCC(CCC=C)CC6)CC5)cc4F)c(F)c3)CC2)CC1. The minimum Gasteiger partial charge on any atom is -0.381 e. The second-order valence-corrected chi connectivity index (χ2v) is 17.3. The third-order valence-corrected chi connectivity index (χ3v) is 14.3. The summed E-state index contributed by atoms with van der Waals surface area (Å²) < 4.78 is 36.2. The Labute approximate surface area is 310 Å². The van der Waals surface area contributed by atoms with Crippen molar-refractivity contribution in [1.82, 2.24) is 0 Å². The highest BCUT2D eigenvalue weighted by Crippen LogP contribution is 2.46. The molecule has 0 spiro atoms. The third kappa shape index (κ3) is 10.9. The van der Waals surface area contributed by atoms with Gasteiger partial charge >= 0.3 is 0 Å². The smallest absolute Gasteiger partial charge is 0.126 e. The molecule has 0 bridgehead atoms. The van der Waals surface area contributed by atoms with Gasteiger partial charge in [0.2, 0.25) is 0 Å². The third-order valence-electron chi connectivity index (χ3n) is 14.3. The van der Waals surface area contributed by atoms with E-state index in [0.29, 0.717) is 37.9 Å². The van der Waals surface area contributed by atoms with Crippen LogP contribution in [0.4, 0.5) is 8.78 Å². The van der Waals surface area contributed by atoms with Gasteiger partial charge in [-0.2, -0.15) is 0 Å². The number of ether oxygens (including phenoxy) is 1. The van der Waals surface area contributed by atoms with Crippen LogP contribution < -0.4 is 0 Å². The molecule has 0 saturated heterocycles. The Balaban J connectivity index is 0.862. The van der Waals surface area contributed by atoms with E-state index in [1.54, 1.807) is 12.1 Å². The maximum absolute atomic E-state index is 15.2. The number of hydrogen-bond donors (Lipinski definition) is 0. The van der Waals surface area contributed by atoms with E-state index in [9.17, 15) is 0 Å². The van der Waals surface area contributed by atoms with Gasteiger partial charge in [-0.25, -0.2) is 8.78 Å². The Kier molecular flexibility index (Phi) is 14.9. The van der Waals surface area contributed by atoms with Crippen LogP contribution in [0.25, 0.3) is 0 Å². The zero-order chi connectivity index (χ0) is 35.4. The molecule has 0 unspecified atom stereocenters. The van der Waals surface area contributed by atoms with Crippen molar-refractivity contribution in [2.24, 2.45) is 35.5 Å². The first kappa shape index (κ1) is 38.5. The zero-order valence-electron chi connectivity index (χ0n) is 31.8. The van der Waals surface area contributed by atoms with Crippen LogP contribution in [0.5, 0.6) is 0 Å². The lowest BCUT2D eigenvalue weighted by molar-refractivity contribution is 0.139. The van der Waals surface area contributed by atoms with Gasteiger partial charge in [0.25, 0.3) is 0 Å². The molecule has 6 rings (SSSR count). The van der Waals surface area contributed by atoms with Gasteiger partial charge in [0.15, 0.2) is 0 Å². The summed E-state index contributed by atoms with van der Waals surface area (Å²) in [5.41, 5.74) is 3.80. The Morgan fingerprint density at radius 2 is 0.863 bits per heavy atom. The van der Waals surface area contributed by atoms with E-state index in [1.807, 2.05) is 12.1 Å². The molecule has 0 atom stereocenters. The van der Waals surface area contributed by atoms with Gasteiger partial charge in [0, 0.05) is 0 Å². The zero-order valence-corrected chi connectivity index (χ0v) is 31.8. The molecule has 4 saturated carbocycles. The van der Waals surface area contributed by atoms with Gasteiger partial charge in [-0.05, 0) is 197 Å². The van der Waals surface area contributed by atoms with Gasteiger partial charge in [0.05, 0.1) is 13.2 Å². The average molecular weight is 699 g/mol. The van der Waals surface area contributed by atoms with Crippen molar-refractivity contribution in [2.45, 2.75) is 153 Å². The molecule has 51 heavy (non-hydrogen) atoms. The topological polar surface area (TPSA) is 9.23 Å². The number of hydrogen-bond acceptors (Lipinski definition) is 1. The molecule has 1 nitrogen and oxygen atoms in total. The summed E-state index contributed by atoms with van der Waals surface area (Å²) in [7, 11) is 0. The first-order valence-corrected chi connectivity index (χ1v) is 21.4. The highest BCUT2D eigenvalue weighted by Gasteiger charge is 2.33. The van der Waals surface area contributed by atoms with E-state index in [1.165, 1.54) is 127 Å². The van der Waals surface area contributed by atoms with Crippen molar-refractivity contribution in [3.05, 3.63) is 95.6 Å². The molecule has 4 aliphatic rings. The molecule has 0 aliphatic heterocycles. The molecule has 280 valence electrons. The molecule has 0 aromatic heterocycles. The van der Waals surface area contributed by atoms with E-state index < -0.39 is 0 Å². The van der Waals surface area contributed by atoms with Gasteiger partial charge in [-0.3, -0.25) is 0 Å². The molecule has 0 N–H and O–H groups in total. The largest absolute Gasteiger partial charge is 0.381 e. The van der Waals surface area contributed by atoms with Crippen LogP contribution in [-0.2, 0) is 17.6 Å². The first-order chi connectivity index (χ1) is 25.0. The van der Waals surface area contributed by atoms with Crippen LogP contribution in [0.1, 0.15) is 163 Å². The van der Waals surface area contributed by atoms with Gasteiger partial charge in [-0.1, -0.05) is 62.1 Å². The molecule has 2 aromatic carbocycles. The van der Waals surface area contributed by atoms with E-state index in [4.69, 9.17) is 4.74 Å². The lowest BCUT2D eigenvalue weighted by Gasteiger charge is -2.38. The standard InChI is InChI=1S/C48H68F2O/c1-3-5-7-35-9-13-37(14-10-35)39-17-21-41(22-18-39)45-27-25-43(47(49)33-45)29-31-51-32-30-44-26-28-46(34-48(44)50)42-23-19-40(20-24-42)38-15-11-36(12-16-38)8-6-4-2/h3-4,25-28,33-42H,1-2,5-24,29-32H2. The van der Waals surface area contributed by atoms with Crippen LogP contribution in [-0.4, -0.2) is 13.2 Å². The normalized spacial score (nSPS) is 30.2. The Bertz CT molecular complexity index is 1250. The van der Waals surface area contributed by atoms with Crippen LogP contribution in [0.3, 0.4) is 0 Å². The maximum atomic E-state index is 15.2. The average Bonchev–Trinajstić information content (AvgIpc) is 3.17. The summed E-state index contributed by atoms with van der Waals surface area (Å²) in [6.07, 6.45) is 31.4. The summed E-state index contributed by atoms with van der Waals surface area (Å²) in [6.45, 7) is 8.70. The van der Waals surface area contributed by atoms with Gasteiger partial charge in [0.1, 0.15) is 11.6 Å². The van der Waals surface area contributed by atoms with E-state index in [2.05, 4.69) is 37.4 Å². The molecule has 4 aliphatic carbocycles. The lowest BCUT2D eigenvalue weighted by atomic mass is 9.68. The molecule has 3 heteroatoms. The predicted molar refractivity (Wildman–Crippen MR) is 210 cm³/mol. The van der Waals surface area contributed by atoms with Gasteiger partial charge in [-0.15, -0.1) is 13.2 Å². The van der Waals surface area contributed by atoms with Crippen molar-refractivity contribution in [3.63, 3.8) is 0 Å². The minimum atomic E-state index is -0.0987. The number of rotatable bonds is 16. The summed E-state index contributed by atoms with van der Waals surface area (Å²) in [5.74, 6) is 6.15. The first-order valence-electron chi connectivity index (χ1n) is 21.4. The fraction of sp³-hybridized carbons (Fsp3) is 0.667. The minimum absolute atomic E-state index is 0.0987. The monoisotopic (exact) mass is 699 g/mol. The van der Waals surface area contributed by atoms with Crippen molar-refractivity contribution in [2.75, 3.05) is 13.2 Å². The second kappa shape index (κ2) is 19.7. The lowest BCUT2D eigenvalue weighted by Crippen LogP contribution is -2.25. The Morgan fingerprint density at radius 3 is 1.20 bits per heavy atom. The highest BCUT2D eigenvalue weighted by molar-refractivity contribution is 5.29. The highest BCUT2D eigenvalue weighted by atomic mass is 19.1. The fourth-order valence-electron chi connectivity index (χ4n) is 11.0. The van der Waals surface area contributed by atoms with Crippen molar-refractivity contribution < 1.29 is 13.5 Å². The molecule has 4 fully saturated rings. The molecule has 2 aromatic rings. The molecular formula is C48H68F2O. The summed E-state index contributed by atoms with van der Waals surface area (Å²) in [6, 6.07) is 11.9. The molecular weight excluding hydrogens is 631 g/mol. The van der Waals surface area contributed by atoms with E-state index in [0.717, 1.165) is 59.5 Å². The van der Waals surface area contributed by atoms with Crippen molar-refractivity contribution in [1.29, 1.82) is 0 Å². The Morgan fingerprint density at radius 1 is 0.510 bits per heavy atom. The van der Waals surface area contributed by atoms with Crippen molar-refractivity contribution >= 4 is 0 Å². The summed E-state index contributed by atoms with van der Waals surface area (Å²) in [5, 5.41) is 0. The van der Waals surface area contributed by atoms with E-state index >= 15 is 8.78 Å². The summed E-state index contributed by atoms with van der Waals surface area (Å²) in [4.78, 5) is 0. The maximum Gasteiger partial charge on any atom is 0.126 e. The quantitative estimate of drug-likeness (QED) is 0.125.